The van der Waals surface area contributed by atoms with Gasteiger partial charge in [0, 0.05) is 25.6 Å². The summed E-state index contributed by atoms with van der Waals surface area (Å²) < 4.78 is 5.79. The van der Waals surface area contributed by atoms with E-state index in [1.54, 1.807) is 0 Å². The quantitative estimate of drug-likeness (QED) is 0.877. The van der Waals surface area contributed by atoms with Crippen LogP contribution in [0.3, 0.4) is 0 Å². The van der Waals surface area contributed by atoms with Gasteiger partial charge in [0.1, 0.15) is 12.4 Å². The summed E-state index contributed by atoms with van der Waals surface area (Å²) in [5.41, 5.74) is 1.13. The molecular weight excluding hydrogens is 288 g/mol. The molecule has 2 atom stereocenters. The van der Waals surface area contributed by atoms with Gasteiger partial charge in [0.05, 0.1) is 6.54 Å². The van der Waals surface area contributed by atoms with Crippen molar-refractivity contribution in [2.75, 3.05) is 20.2 Å². The summed E-state index contributed by atoms with van der Waals surface area (Å²) in [6.45, 7) is 3.23. The maximum atomic E-state index is 12.4. The van der Waals surface area contributed by atoms with Gasteiger partial charge in [-0.15, -0.1) is 0 Å². The molecule has 2 bridgehead atoms. The first-order valence-corrected chi connectivity index (χ1v) is 8.80. The topological polar surface area (TPSA) is 41.6 Å². The molecule has 2 fully saturated rings. The molecule has 0 aliphatic carbocycles. The van der Waals surface area contributed by atoms with Gasteiger partial charge in [-0.3, -0.25) is 4.79 Å². The number of hydrogen-bond acceptors (Lipinski definition) is 3. The fraction of sp³-hybridized carbons (Fsp3) is 0.632. The number of benzene rings is 1. The van der Waals surface area contributed by atoms with Crippen molar-refractivity contribution in [3.8, 4) is 5.75 Å². The normalized spacial score (nSPS) is 26.1. The molecule has 2 saturated heterocycles. The van der Waals surface area contributed by atoms with Gasteiger partial charge in [0.15, 0.2) is 0 Å². The second kappa shape index (κ2) is 7.35. The van der Waals surface area contributed by atoms with E-state index in [2.05, 4.69) is 5.32 Å². The third-order valence-electron chi connectivity index (χ3n) is 5.24. The molecule has 0 radical (unpaired) electrons. The summed E-state index contributed by atoms with van der Waals surface area (Å²) in [6, 6.07) is 9.30. The summed E-state index contributed by atoms with van der Waals surface area (Å²) in [6.07, 6.45) is 5.59. The third kappa shape index (κ3) is 4.25. The Bertz CT molecular complexity index is 534. The summed E-state index contributed by atoms with van der Waals surface area (Å²) in [7, 11) is 1.89. The number of nitrogens with zero attached hydrogens (tertiary/aromatic N) is 1. The van der Waals surface area contributed by atoms with Crippen molar-refractivity contribution in [2.24, 2.45) is 5.92 Å². The molecule has 1 aromatic carbocycles. The fourth-order valence-electron chi connectivity index (χ4n) is 3.88. The lowest BCUT2D eigenvalue weighted by Gasteiger charge is -2.30. The number of fused-ring (bicyclic) bond motifs is 2. The van der Waals surface area contributed by atoms with Crippen LogP contribution in [-0.4, -0.2) is 43.1 Å². The van der Waals surface area contributed by atoms with Gasteiger partial charge >= 0.3 is 0 Å². The third-order valence-corrected chi connectivity index (χ3v) is 5.24. The first-order valence-electron chi connectivity index (χ1n) is 8.80. The Morgan fingerprint density at radius 3 is 2.65 bits per heavy atom. The highest BCUT2D eigenvalue weighted by atomic mass is 16.5. The van der Waals surface area contributed by atoms with Crippen LogP contribution >= 0.6 is 0 Å². The van der Waals surface area contributed by atoms with E-state index in [1.807, 2.05) is 43.1 Å². The standard InChI is InChI=1S/C19H28N2O2/c1-14-5-3-4-6-18(14)23-10-9-21(2)19(22)13-15-11-16-7-8-17(12-15)20-16/h3-6,15-17,20H,7-13H2,1-2H3. The van der Waals surface area contributed by atoms with E-state index >= 15 is 0 Å². The number of amides is 1. The first-order chi connectivity index (χ1) is 11.1. The Morgan fingerprint density at radius 1 is 1.26 bits per heavy atom. The van der Waals surface area contributed by atoms with E-state index in [1.165, 1.54) is 12.8 Å². The van der Waals surface area contributed by atoms with Gasteiger partial charge < -0.3 is 15.0 Å². The molecule has 4 heteroatoms. The van der Waals surface area contributed by atoms with Crippen molar-refractivity contribution in [2.45, 2.75) is 51.1 Å². The van der Waals surface area contributed by atoms with E-state index in [-0.39, 0.29) is 5.91 Å². The molecule has 1 amide bonds. The molecule has 2 heterocycles. The molecule has 2 aliphatic rings. The lowest BCUT2D eigenvalue weighted by molar-refractivity contribution is -0.131. The van der Waals surface area contributed by atoms with Crippen LogP contribution in [0.25, 0.3) is 0 Å². The van der Waals surface area contributed by atoms with E-state index in [9.17, 15) is 4.79 Å². The fourth-order valence-corrected chi connectivity index (χ4v) is 3.88. The minimum Gasteiger partial charge on any atom is -0.491 e. The number of aryl methyl sites for hydroxylation is 1. The maximum Gasteiger partial charge on any atom is 0.222 e. The number of carbonyl (C=O) groups excluding carboxylic acids is 1. The molecule has 3 rings (SSSR count). The van der Waals surface area contributed by atoms with E-state index < -0.39 is 0 Å². The Kier molecular flexibility index (Phi) is 5.21. The van der Waals surface area contributed by atoms with Crippen molar-refractivity contribution >= 4 is 5.91 Å². The van der Waals surface area contributed by atoms with Crippen LogP contribution in [0.15, 0.2) is 24.3 Å². The van der Waals surface area contributed by atoms with Crippen LogP contribution in [0.5, 0.6) is 5.75 Å². The number of piperidine rings is 1. The molecule has 2 aliphatic heterocycles. The van der Waals surface area contributed by atoms with Gasteiger partial charge in [0.25, 0.3) is 0 Å². The van der Waals surface area contributed by atoms with Crippen LogP contribution in [0, 0.1) is 12.8 Å². The molecule has 2 unspecified atom stereocenters. The molecule has 1 N–H and O–H groups in total. The second-order valence-corrected chi connectivity index (χ2v) is 7.11. The lowest BCUT2D eigenvalue weighted by atomic mass is 9.89. The lowest BCUT2D eigenvalue weighted by Crippen LogP contribution is -2.40. The van der Waals surface area contributed by atoms with Crippen LogP contribution in [-0.2, 0) is 4.79 Å². The number of rotatable bonds is 6. The molecular formula is C19H28N2O2. The highest BCUT2D eigenvalue weighted by Crippen LogP contribution is 2.32. The van der Waals surface area contributed by atoms with Crippen molar-refractivity contribution in [3.05, 3.63) is 29.8 Å². The SMILES string of the molecule is Cc1ccccc1OCCN(C)C(=O)CC1CC2CCC(C1)N2. The minimum absolute atomic E-state index is 0.254. The zero-order valence-electron chi connectivity index (χ0n) is 14.3. The number of carbonyl (C=O) groups is 1. The Morgan fingerprint density at radius 2 is 1.96 bits per heavy atom. The average Bonchev–Trinajstić information content (AvgIpc) is 2.87. The number of likely N-dealkylation sites (N-methyl/N-ethyl adjacent to an activating group) is 1. The van der Waals surface area contributed by atoms with E-state index in [4.69, 9.17) is 4.74 Å². The molecule has 126 valence electrons. The van der Waals surface area contributed by atoms with Gasteiger partial charge in [-0.1, -0.05) is 18.2 Å². The summed E-state index contributed by atoms with van der Waals surface area (Å²) in [4.78, 5) is 14.2. The van der Waals surface area contributed by atoms with Crippen molar-refractivity contribution < 1.29 is 9.53 Å². The molecule has 4 nitrogen and oxygen atoms in total. The largest absolute Gasteiger partial charge is 0.491 e. The molecule has 0 aromatic heterocycles. The maximum absolute atomic E-state index is 12.4. The first kappa shape index (κ1) is 16.3. The van der Waals surface area contributed by atoms with Crippen molar-refractivity contribution in [3.63, 3.8) is 0 Å². The number of ether oxygens (including phenoxy) is 1. The molecule has 23 heavy (non-hydrogen) atoms. The second-order valence-electron chi connectivity index (χ2n) is 7.11. The van der Waals surface area contributed by atoms with E-state index in [0.29, 0.717) is 37.6 Å². The highest BCUT2D eigenvalue weighted by molar-refractivity contribution is 5.76. The number of nitrogens with one attached hydrogen (secondary N) is 1. The summed E-state index contributed by atoms with van der Waals surface area (Å²) >= 11 is 0. The van der Waals surface area contributed by atoms with Gasteiger partial charge in [-0.05, 0) is 50.2 Å². The molecule has 1 aromatic rings. The Balaban J connectivity index is 1.40. The highest BCUT2D eigenvalue weighted by Gasteiger charge is 2.34. The minimum atomic E-state index is 0.254. The van der Waals surface area contributed by atoms with Gasteiger partial charge in [-0.2, -0.15) is 0 Å². The van der Waals surface area contributed by atoms with Crippen molar-refractivity contribution in [1.29, 1.82) is 0 Å². The predicted molar refractivity (Wildman–Crippen MR) is 91.6 cm³/mol. The van der Waals surface area contributed by atoms with Crippen molar-refractivity contribution in [1.82, 2.24) is 10.2 Å². The predicted octanol–water partition coefficient (Wildman–Crippen LogP) is 2.75. The van der Waals surface area contributed by atoms with Crippen LogP contribution < -0.4 is 10.1 Å². The zero-order valence-corrected chi connectivity index (χ0v) is 14.3. The summed E-state index contributed by atoms with van der Waals surface area (Å²) in [5.74, 6) is 1.72. The number of para-hydroxylation sites is 1. The summed E-state index contributed by atoms with van der Waals surface area (Å²) in [5, 5.41) is 3.64. The Labute approximate surface area is 139 Å². The molecule has 0 saturated carbocycles. The van der Waals surface area contributed by atoms with E-state index in [0.717, 1.165) is 24.2 Å². The Hall–Kier alpha value is -1.55. The average molecular weight is 316 g/mol. The van der Waals surface area contributed by atoms with Crippen LogP contribution in [0.4, 0.5) is 0 Å². The van der Waals surface area contributed by atoms with Gasteiger partial charge in [-0.25, -0.2) is 0 Å². The molecule has 0 spiro atoms. The van der Waals surface area contributed by atoms with Crippen LogP contribution in [0.2, 0.25) is 0 Å². The smallest absolute Gasteiger partial charge is 0.222 e. The number of hydrogen-bond donors (Lipinski definition) is 1. The van der Waals surface area contributed by atoms with Gasteiger partial charge in [0.2, 0.25) is 5.91 Å². The van der Waals surface area contributed by atoms with Crippen LogP contribution in [0.1, 0.15) is 37.7 Å². The monoisotopic (exact) mass is 316 g/mol. The zero-order chi connectivity index (χ0) is 16.2.